The van der Waals surface area contributed by atoms with Gasteiger partial charge in [-0.25, -0.2) is 4.39 Å². The Balaban J connectivity index is 1.63. The van der Waals surface area contributed by atoms with E-state index < -0.39 is 11.0 Å². The van der Waals surface area contributed by atoms with Gasteiger partial charge >= 0.3 is 0 Å². The second-order valence-electron chi connectivity index (χ2n) is 5.06. The van der Waals surface area contributed by atoms with Crippen molar-refractivity contribution < 1.29 is 18.8 Å². The summed E-state index contributed by atoms with van der Waals surface area (Å²) in [6, 6.07) is 11.3. The minimum Gasteiger partial charge on any atom is -0.411 e. The van der Waals surface area contributed by atoms with Crippen LogP contribution >= 0.6 is 11.8 Å². The van der Waals surface area contributed by atoms with Gasteiger partial charge in [-0.2, -0.15) is 0 Å². The van der Waals surface area contributed by atoms with Crippen molar-refractivity contribution in [3.05, 3.63) is 70.0 Å². The molecule has 128 valence electrons. The summed E-state index contributed by atoms with van der Waals surface area (Å²) in [5, 5.41) is 28.7. The zero-order valence-electron chi connectivity index (χ0n) is 12.7. The summed E-state index contributed by atoms with van der Waals surface area (Å²) < 4.78 is 18.4. The molecule has 2 aromatic carbocycles. The molecule has 0 fully saturated rings. The molecule has 0 radical (unpaired) electrons. The number of benzene rings is 2. The third kappa shape index (κ3) is 4.20. The Morgan fingerprint density at radius 1 is 1.16 bits per heavy atom. The van der Waals surface area contributed by atoms with Gasteiger partial charge in [0.05, 0.1) is 11.0 Å². The van der Waals surface area contributed by atoms with Gasteiger partial charge in [-0.05, 0) is 29.8 Å². The number of aliphatic hydroxyl groups excluding tert-OH is 1. The van der Waals surface area contributed by atoms with Gasteiger partial charge in [0.1, 0.15) is 5.82 Å². The molecule has 9 heteroatoms. The number of hydrogen-bond donors (Lipinski definition) is 1. The molecule has 1 N–H and O–H groups in total. The van der Waals surface area contributed by atoms with Crippen LogP contribution in [0.3, 0.4) is 0 Å². The number of aromatic nitrogens is 2. The molecule has 1 heterocycles. The van der Waals surface area contributed by atoms with Gasteiger partial charge in [0.2, 0.25) is 5.89 Å². The fourth-order valence-electron chi connectivity index (χ4n) is 2.04. The van der Waals surface area contributed by atoms with Crippen LogP contribution in [0.5, 0.6) is 0 Å². The Hall–Kier alpha value is -2.78. The van der Waals surface area contributed by atoms with Gasteiger partial charge in [-0.15, -0.1) is 10.2 Å². The lowest BCUT2D eigenvalue weighted by molar-refractivity contribution is -0.384. The number of nitro groups is 1. The van der Waals surface area contributed by atoms with Crippen molar-refractivity contribution in [1.29, 1.82) is 0 Å². The minimum absolute atomic E-state index is 0.0275. The summed E-state index contributed by atoms with van der Waals surface area (Å²) in [5.74, 6) is 0.120. The highest BCUT2D eigenvalue weighted by atomic mass is 32.2. The van der Waals surface area contributed by atoms with Gasteiger partial charge in [-0.3, -0.25) is 10.1 Å². The van der Waals surface area contributed by atoms with E-state index in [1.807, 2.05) is 0 Å². The van der Waals surface area contributed by atoms with Crippen molar-refractivity contribution in [2.24, 2.45) is 0 Å². The fraction of sp³-hybridized carbons (Fsp3) is 0.125. The maximum Gasteiger partial charge on any atom is 0.276 e. The molecule has 0 spiro atoms. The topological polar surface area (TPSA) is 102 Å². The molecule has 1 aromatic heterocycles. The summed E-state index contributed by atoms with van der Waals surface area (Å²) in [6.07, 6.45) is -0.805. The number of hydrogen-bond acceptors (Lipinski definition) is 7. The van der Waals surface area contributed by atoms with E-state index >= 15 is 0 Å². The summed E-state index contributed by atoms with van der Waals surface area (Å²) in [7, 11) is 0. The predicted molar refractivity (Wildman–Crippen MR) is 88.5 cm³/mol. The average Bonchev–Trinajstić information content (AvgIpc) is 3.09. The zero-order valence-corrected chi connectivity index (χ0v) is 13.5. The Bertz CT molecular complexity index is 868. The third-order valence-corrected chi connectivity index (χ3v) is 4.25. The first-order valence-corrected chi connectivity index (χ1v) is 8.16. The largest absolute Gasteiger partial charge is 0.411 e. The number of halogens is 1. The first-order chi connectivity index (χ1) is 12.0. The molecule has 0 aliphatic carbocycles. The van der Waals surface area contributed by atoms with Crippen molar-refractivity contribution in [3.8, 4) is 11.5 Å². The molecule has 3 aromatic rings. The van der Waals surface area contributed by atoms with Crippen molar-refractivity contribution in [2.45, 2.75) is 11.3 Å². The highest BCUT2D eigenvalue weighted by Gasteiger charge is 2.14. The van der Waals surface area contributed by atoms with Crippen LogP contribution < -0.4 is 0 Å². The molecular weight excluding hydrogens is 349 g/mol. The first kappa shape index (κ1) is 17.1. The maximum absolute atomic E-state index is 12.9. The Labute approximate surface area is 145 Å². The van der Waals surface area contributed by atoms with Gasteiger partial charge in [0.15, 0.2) is 0 Å². The van der Waals surface area contributed by atoms with Crippen molar-refractivity contribution in [1.82, 2.24) is 10.2 Å². The van der Waals surface area contributed by atoms with Crippen LogP contribution in [0.15, 0.2) is 58.2 Å². The Morgan fingerprint density at radius 3 is 2.48 bits per heavy atom. The number of thioether (sulfide) groups is 1. The quantitative estimate of drug-likeness (QED) is 0.406. The fourth-order valence-corrected chi connectivity index (χ4v) is 2.77. The summed E-state index contributed by atoms with van der Waals surface area (Å²) in [5.41, 5.74) is 1.12. The molecule has 1 atom stereocenters. The van der Waals surface area contributed by atoms with Crippen LogP contribution in [0.2, 0.25) is 0 Å². The van der Waals surface area contributed by atoms with E-state index in [9.17, 15) is 19.6 Å². The molecule has 0 bridgehead atoms. The number of nitrogens with zero attached hydrogens (tertiary/aromatic N) is 3. The molecule has 0 aliphatic heterocycles. The molecule has 0 aliphatic rings. The maximum atomic E-state index is 12.9. The molecule has 0 amide bonds. The standard InChI is InChI=1S/C16H12FN3O4S/c17-12-5-1-10(2-6-12)14(21)9-25-16-19-18-15(24-16)11-3-7-13(8-4-11)20(22)23/h1-8,14,21H,9H2/t14-/m0/s1. The highest BCUT2D eigenvalue weighted by molar-refractivity contribution is 7.99. The van der Waals surface area contributed by atoms with Crippen molar-refractivity contribution in [3.63, 3.8) is 0 Å². The van der Waals surface area contributed by atoms with Crippen molar-refractivity contribution in [2.75, 3.05) is 5.75 Å². The van der Waals surface area contributed by atoms with E-state index in [2.05, 4.69) is 10.2 Å². The van der Waals surface area contributed by atoms with Crippen LogP contribution in [-0.4, -0.2) is 26.0 Å². The third-order valence-electron chi connectivity index (χ3n) is 3.35. The number of nitro benzene ring substituents is 1. The van der Waals surface area contributed by atoms with Gasteiger partial charge in [0.25, 0.3) is 10.9 Å². The molecule has 7 nitrogen and oxygen atoms in total. The van der Waals surface area contributed by atoms with Crippen molar-refractivity contribution >= 4 is 17.4 Å². The lowest BCUT2D eigenvalue weighted by atomic mass is 10.1. The van der Waals surface area contributed by atoms with E-state index in [-0.39, 0.29) is 28.4 Å². The van der Waals surface area contributed by atoms with E-state index in [0.29, 0.717) is 11.1 Å². The SMILES string of the molecule is O=[N+]([O-])c1ccc(-c2nnc(SC[C@H](O)c3ccc(F)cc3)o2)cc1. The molecule has 0 saturated carbocycles. The molecule has 0 saturated heterocycles. The molecular formula is C16H12FN3O4S. The van der Waals surface area contributed by atoms with Crippen LogP contribution in [-0.2, 0) is 0 Å². The number of rotatable bonds is 6. The molecule has 0 unspecified atom stereocenters. The van der Waals surface area contributed by atoms with E-state index in [1.165, 1.54) is 48.5 Å². The van der Waals surface area contributed by atoms with Crippen LogP contribution in [0.1, 0.15) is 11.7 Å². The second kappa shape index (κ2) is 7.41. The lowest BCUT2D eigenvalue weighted by Gasteiger charge is -2.08. The Morgan fingerprint density at radius 2 is 1.84 bits per heavy atom. The van der Waals surface area contributed by atoms with E-state index in [4.69, 9.17) is 4.42 Å². The minimum atomic E-state index is -0.805. The monoisotopic (exact) mass is 361 g/mol. The predicted octanol–water partition coefficient (Wildman–Crippen LogP) is 3.61. The summed E-state index contributed by atoms with van der Waals surface area (Å²) >= 11 is 1.16. The van der Waals surface area contributed by atoms with E-state index in [1.54, 1.807) is 0 Å². The van der Waals surface area contributed by atoms with Crippen LogP contribution in [0.4, 0.5) is 10.1 Å². The van der Waals surface area contributed by atoms with Gasteiger partial charge in [-0.1, -0.05) is 23.9 Å². The van der Waals surface area contributed by atoms with Gasteiger partial charge < -0.3 is 9.52 Å². The normalized spacial score (nSPS) is 12.1. The summed E-state index contributed by atoms with van der Waals surface area (Å²) in [6.45, 7) is 0. The number of aliphatic hydroxyl groups is 1. The molecule has 25 heavy (non-hydrogen) atoms. The van der Waals surface area contributed by atoms with Gasteiger partial charge in [0, 0.05) is 23.4 Å². The van der Waals surface area contributed by atoms with Crippen LogP contribution in [0, 0.1) is 15.9 Å². The summed E-state index contributed by atoms with van der Waals surface area (Å²) in [4.78, 5) is 10.2. The molecule has 3 rings (SSSR count). The average molecular weight is 361 g/mol. The van der Waals surface area contributed by atoms with Crippen LogP contribution in [0.25, 0.3) is 11.5 Å². The Kier molecular flexibility index (Phi) is 5.05. The zero-order chi connectivity index (χ0) is 17.8. The number of non-ortho nitro benzene ring substituents is 1. The first-order valence-electron chi connectivity index (χ1n) is 7.17. The smallest absolute Gasteiger partial charge is 0.276 e. The second-order valence-corrected chi connectivity index (χ2v) is 6.03. The lowest BCUT2D eigenvalue weighted by Crippen LogP contribution is -2.00. The van der Waals surface area contributed by atoms with E-state index in [0.717, 1.165) is 11.8 Å². The highest BCUT2D eigenvalue weighted by Crippen LogP contribution is 2.27.